The summed E-state index contributed by atoms with van der Waals surface area (Å²) in [6, 6.07) is 0. The highest BCUT2D eigenvalue weighted by molar-refractivity contribution is 5.36. The van der Waals surface area contributed by atoms with Crippen molar-refractivity contribution in [1.29, 1.82) is 0 Å². The van der Waals surface area contributed by atoms with Gasteiger partial charge in [-0.05, 0) is 18.9 Å². The molecule has 3 heteroatoms. The average molecular weight is 223 g/mol. The first-order chi connectivity index (χ1) is 7.69. The van der Waals surface area contributed by atoms with Crippen LogP contribution in [0.5, 0.6) is 0 Å². The summed E-state index contributed by atoms with van der Waals surface area (Å²) >= 11 is 0. The van der Waals surface area contributed by atoms with Crippen LogP contribution in [-0.2, 0) is 0 Å². The highest BCUT2D eigenvalue weighted by Gasteiger charge is 2.16. The van der Waals surface area contributed by atoms with Gasteiger partial charge in [0.1, 0.15) is 11.9 Å². The molecule has 0 aromatic carbocycles. The molecule has 3 nitrogen and oxygen atoms in total. The largest absolute Gasteiger partial charge is 0.509 e. The van der Waals surface area contributed by atoms with Gasteiger partial charge in [0.15, 0.2) is 0 Å². The van der Waals surface area contributed by atoms with Gasteiger partial charge in [0.05, 0.1) is 0 Å². The molecule has 1 aliphatic rings. The van der Waals surface area contributed by atoms with Crippen LogP contribution in [0, 0.1) is 0 Å². The van der Waals surface area contributed by atoms with Gasteiger partial charge in [-0.2, -0.15) is 0 Å². The summed E-state index contributed by atoms with van der Waals surface area (Å²) in [7, 11) is 0. The minimum Gasteiger partial charge on any atom is -0.509 e. The summed E-state index contributed by atoms with van der Waals surface area (Å²) in [4.78, 5) is 2.18. The maximum absolute atomic E-state index is 9.76. The predicted octanol–water partition coefficient (Wildman–Crippen LogP) is 2.36. The Morgan fingerprint density at radius 1 is 1.31 bits per heavy atom. The van der Waals surface area contributed by atoms with Gasteiger partial charge in [-0.15, -0.1) is 0 Å². The van der Waals surface area contributed by atoms with E-state index in [1.165, 1.54) is 6.08 Å². The smallest absolute Gasteiger partial charge is 0.137 e. The van der Waals surface area contributed by atoms with Crippen LogP contribution in [0.3, 0.4) is 0 Å². The molecule has 0 amide bonds. The Bertz CT molecular complexity index is 299. The Balaban J connectivity index is 2.73. The van der Waals surface area contributed by atoms with E-state index in [1.54, 1.807) is 6.08 Å². The molecule has 1 aliphatic carbocycles. The molecule has 0 aliphatic heterocycles. The summed E-state index contributed by atoms with van der Waals surface area (Å²) in [6.07, 6.45) is 8.33. The molecule has 0 heterocycles. The van der Waals surface area contributed by atoms with Gasteiger partial charge in [-0.3, -0.25) is 0 Å². The summed E-state index contributed by atoms with van der Waals surface area (Å²) in [5, 5.41) is 19.2. The van der Waals surface area contributed by atoms with Gasteiger partial charge < -0.3 is 15.1 Å². The molecule has 0 radical (unpaired) electrons. The van der Waals surface area contributed by atoms with Crippen molar-refractivity contribution in [2.45, 2.75) is 32.8 Å². The molecule has 2 N–H and O–H groups in total. The third-order valence-corrected chi connectivity index (χ3v) is 2.50. The first-order valence-electron chi connectivity index (χ1n) is 5.90. The van der Waals surface area contributed by atoms with Crippen molar-refractivity contribution in [1.82, 2.24) is 4.90 Å². The monoisotopic (exact) mass is 223 g/mol. The average Bonchev–Trinajstić information content (AvgIpc) is 2.25. The second-order valence-electron chi connectivity index (χ2n) is 4.02. The van der Waals surface area contributed by atoms with Crippen molar-refractivity contribution in [2.75, 3.05) is 13.1 Å². The third-order valence-electron chi connectivity index (χ3n) is 2.50. The Kier molecular flexibility index (Phi) is 5.12. The zero-order valence-electron chi connectivity index (χ0n) is 10.1. The molecule has 0 fully saturated rings. The molecule has 16 heavy (non-hydrogen) atoms. The molecule has 90 valence electrons. The van der Waals surface area contributed by atoms with E-state index in [-0.39, 0.29) is 5.76 Å². The summed E-state index contributed by atoms with van der Waals surface area (Å²) < 4.78 is 0. The molecule has 1 atom stereocenters. The Morgan fingerprint density at radius 2 is 1.94 bits per heavy atom. The highest BCUT2D eigenvalue weighted by atomic mass is 16.3. The lowest BCUT2D eigenvalue weighted by atomic mass is 10.0. The van der Waals surface area contributed by atoms with Crippen molar-refractivity contribution in [3.05, 3.63) is 35.8 Å². The quantitative estimate of drug-likeness (QED) is 0.752. The number of hydrogen-bond donors (Lipinski definition) is 2. The van der Waals surface area contributed by atoms with E-state index in [0.717, 1.165) is 31.5 Å². The van der Waals surface area contributed by atoms with Crippen LogP contribution in [-0.4, -0.2) is 34.3 Å². The number of hydrogen-bond acceptors (Lipinski definition) is 3. The summed E-state index contributed by atoms with van der Waals surface area (Å²) in [5.41, 5.74) is 0.752. The molecule has 0 saturated carbocycles. The number of aliphatic hydroxyl groups excluding tert-OH is 2. The molecule has 1 rings (SSSR count). The van der Waals surface area contributed by atoms with Gasteiger partial charge >= 0.3 is 0 Å². The van der Waals surface area contributed by atoms with E-state index in [4.69, 9.17) is 0 Å². The molecule has 0 bridgehead atoms. The standard InChI is InChI=1S/C13H21NO2/c1-3-8-14(9-4-2)10-11-6-5-7-12(15)13(11)16/h5-7,10,13,15-16H,3-4,8-9H2,1-2H3/b11-10-. The topological polar surface area (TPSA) is 43.7 Å². The Labute approximate surface area is 97.4 Å². The molecule has 0 aromatic rings. The molecule has 0 spiro atoms. The lowest BCUT2D eigenvalue weighted by molar-refractivity contribution is 0.182. The minimum atomic E-state index is -0.874. The first-order valence-corrected chi connectivity index (χ1v) is 5.90. The van der Waals surface area contributed by atoms with Crippen molar-refractivity contribution in [3.8, 4) is 0 Å². The van der Waals surface area contributed by atoms with Crippen molar-refractivity contribution >= 4 is 0 Å². The predicted molar refractivity (Wildman–Crippen MR) is 66.1 cm³/mol. The normalized spacial score (nSPS) is 22.3. The lowest BCUT2D eigenvalue weighted by Gasteiger charge is -2.22. The van der Waals surface area contributed by atoms with E-state index in [2.05, 4.69) is 18.7 Å². The third kappa shape index (κ3) is 3.42. The van der Waals surface area contributed by atoms with Crippen LogP contribution in [0.2, 0.25) is 0 Å². The fraction of sp³-hybridized carbons (Fsp3) is 0.538. The van der Waals surface area contributed by atoms with E-state index in [1.807, 2.05) is 12.3 Å². The van der Waals surface area contributed by atoms with Gasteiger partial charge in [-0.25, -0.2) is 0 Å². The Hall–Kier alpha value is -1.22. The highest BCUT2D eigenvalue weighted by Crippen LogP contribution is 2.17. The Morgan fingerprint density at radius 3 is 2.50 bits per heavy atom. The second kappa shape index (κ2) is 6.38. The van der Waals surface area contributed by atoms with Gasteiger partial charge in [-0.1, -0.05) is 26.0 Å². The van der Waals surface area contributed by atoms with Crippen LogP contribution in [0.25, 0.3) is 0 Å². The summed E-state index contributed by atoms with van der Waals surface area (Å²) in [5.74, 6) is 0.0155. The number of rotatable bonds is 5. The van der Waals surface area contributed by atoms with E-state index >= 15 is 0 Å². The van der Waals surface area contributed by atoms with Crippen molar-refractivity contribution in [2.24, 2.45) is 0 Å². The fourth-order valence-corrected chi connectivity index (χ4v) is 1.75. The number of allylic oxidation sites excluding steroid dienone is 2. The lowest BCUT2D eigenvalue weighted by Crippen LogP contribution is -2.23. The van der Waals surface area contributed by atoms with Gasteiger partial charge in [0.25, 0.3) is 0 Å². The van der Waals surface area contributed by atoms with Crippen LogP contribution in [0.4, 0.5) is 0 Å². The van der Waals surface area contributed by atoms with E-state index < -0.39 is 6.10 Å². The minimum absolute atomic E-state index is 0.0155. The molecular weight excluding hydrogens is 202 g/mol. The SMILES string of the molecule is CCCN(/C=C1/C=CC=C(O)C1O)CCC. The van der Waals surface area contributed by atoms with Crippen LogP contribution in [0.1, 0.15) is 26.7 Å². The maximum atomic E-state index is 9.76. The molecule has 0 saturated heterocycles. The van der Waals surface area contributed by atoms with Gasteiger partial charge in [0, 0.05) is 24.9 Å². The first kappa shape index (κ1) is 12.8. The second-order valence-corrected chi connectivity index (χ2v) is 4.02. The molecule has 1 unspecified atom stereocenters. The van der Waals surface area contributed by atoms with E-state index in [9.17, 15) is 10.2 Å². The zero-order valence-corrected chi connectivity index (χ0v) is 10.1. The fourth-order valence-electron chi connectivity index (χ4n) is 1.75. The van der Waals surface area contributed by atoms with Crippen LogP contribution in [0.15, 0.2) is 35.8 Å². The van der Waals surface area contributed by atoms with Crippen LogP contribution >= 0.6 is 0 Å². The molecular formula is C13H21NO2. The van der Waals surface area contributed by atoms with Crippen LogP contribution < -0.4 is 0 Å². The number of nitrogens with zero attached hydrogens (tertiary/aromatic N) is 1. The van der Waals surface area contributed by atoms with E-state index in [0.29, 0.717) is 0 Å². The zero-order chi connectivity index (χ0) is 12.0. The van der Waals surface area contributed by atoms with Crippen molar-refractivity contribution in [3.63, 3.8) is 0 Å². The summed E-state index contributed by atoms with van der Waals surface area (Å²) in [6.45, 7) is 6.21. The number of aliphatic hydroxyl groups is 2. The van der Waals surface area contributed by atoms with Crippen molar-refractivity contribution < 1.29 is 10.2 Å². The molecule has 0 aromatic heterocycles. The van der Waals surface area contributed by atoms with Gasteiger partial charge in [0.2, 0.25) is 0 Å². The maximum Gasteiger partial charge on any atom is 0.137 e.